The highest BCUT2D eigenvalue weighted by molar-refractivity contribution is 8.00. The standard InChI is InChI=1S/C21H20Cl3N3O2S/c22-15-4-1-3-14(13-15)19(28)27-11-12-30-21(27)7-9-26(10-8-21)20(29)25-17-6-2-5-16(23)18(17)24/h1-6,13H,7-12H2,(H,25,29). The van der Waals surface area contributed by atoms with Crippen molar-refractivity contribution in [2.24, 2.45) is 0 Å². The van der Waals surface area contributed by atoms with Gasteiger partial charge < -0.3 is 15.1 Å². The number of hydrogen-bond donors (Lipinski definition) is 1. The fourth-order valence-corrected chi connectivity index (χ4v) is 5.93. The van der Waals surface area contributed by atoms with Gasteiger partial charge in [0.2, 0.25) is 0 Å². The first kappa shape index (κ1) is 21.6. The van der Waals surface area contributed by atoms with Gasteiger partial charge >= 0.3 is 6.03 Å². The first-order chi connectivity index (χ1) is 14.4. The average Bonchev–Trinajstić information content (AvgIpc) is 3.14. The Morgan fingerprint density at radius 1 is 1.00 bits per heavy atom. The van der Waals surface area contributed by atoms with Crippen LogP contribution in [0.25, 0.3) is 0 Å². The van der Waals surface area contributed by atoms with Gasteiger partial charge in [-0.15, -0.1) is 11.8 Å². The monoisotopic (exact) mass is 483 g/mol. The van der Waals surface area contributed by atoms with E-state index >= 15 is 0 Å². The van der Waals surface area contributed by atoms with Crippen LogP contribution in [0.15, 0.2) is 42.5 Å². The minimum atomic E-state index is -0.288. The lowest BCUT2D eigenvalue weighted by atomic mass is 10.0. The molecule has 1 spiro atoms. The summed E-state index contributed by atoms with van der Waals surface area (Å²) < 4.78 is 0. The lowest BCUT2D eigenvalue weighted by molar-refractivity contribution is 0.0585. The Kier molecular flexibility index (Phi) is 6.39. The van der Waals surface area contributed by atoms with Gasteiger partial charge in [-0.25, -0.2) is 4.79 Å². The number of anilines is 1. The number of carbonyl (C=O) groups excluding carboxylic acids is 2. The molecule has 9 heteroatoms. The molecule has 0 atom stereocenters. The lowest BCUT2D eigenvalue weighted by Gasteiger charge is -2.44. The number of halogens is 3. The predicted octanol–water partition coefficient (Wildman–Crippen LogP) is 5.86. The van der Waals surface area contributed by atoms with E-state index in [4.69, 9.17) is 34.8 Å². The second-order valence-corrected chi connectivity index (χ2v) is 9.96. The molecule has 0 radical (unpaired) electrons. The maximum atomic E-state index is 13.1. The summed E-state index contributed by atoms with van der Waals surface area (Å²) in [5.74, 6) is 0.877. The summed E-state index contributed by atoms with van der Waals surface area (Å²) in [6.07, 6.45) is 1.42. The number of benzene rings is 2. The van der Waals surface area contributed by atoms with Crippen molar-refractivity contribution in [3.8, 4) is 0 Å². The Hall–Kier alpha value is -1.60. The smallest absolute Gasteiger partial charge is 0.321 e. The molecule has 30 heavy (non-hydrogen) atoms. The minimum absolute atomic E-state index is 0.00823. The van der Waals surface area contributed by atoms with Gasteiger partial charge in [0.1, 0.15) is 0 Å². The highest BCUT2D eigenvalue weighted by Crippen LogP contribution is 2.44. The van der Waals surface area contributed by atoms with E-state index in [1.54, 1.807) is 59.1 Å². The quantitative estimate of drug-likeness (QED) is 0.581. The zero-order valence-electron chi connectivity index (χ0n) is 16.0. The van der Waals surface area contributed by atoms with Crippen LogP contribution in [0.1, 0.15) is 23.2 Å². The highest BCUT2D eigenvalue weighted by Gasteiger charge is 2.47. The van der Waals surface area contributed by atoms with Crippen molar-refractivity contribution in [3.05, 3.63) is 63.1 Å². The van der Waals surface area contributed by atoms with Crippen molar-refractivity contribution < 1.29 is 9.59 Å². The molecular weight excluding hydrogens is 465 g/mol. The summed E-state index contributed by atoms with van der Waals surface area (Å²) >= 11 is 20.1. The van der Waals surface area contributed by atoms with Gasteiger partial charge in [-0.3, -0.25) is 4.79 Å². The first-order valence-electron chi connectivity index (χ1n) is 9.61. The summed E-state index contributed by atoms with van der Waals surface area (Å²) in [5, 5.41) is 4.10. The van der Waals surface area contributed by atoms with Crippen molar-refractivity contribution in [1.29, 1.82) is 0 Å². The van der Waals surface area contributed by atoms with E-state index in [2.05, 4.69) is 5.32 Å². The zero-order valence-corrected chi connectivity index (χ0v) is 19.1. The molecule has 2 aromatic rings. The zero-order chi connectivity index (χ0) is 21.3. The Balaban J connectivity index is 1.43. The predicted molar refractivity (Wildman–Crippen MR) is 124 cm³/mol. The third-order valence-corrected chi connectivity index (χ3v) is 8.13. The summed E-state index contributed by atoms with van der Waals surface area (Å²) in [4.78, 5) is 29.3. The number of nitrogens with one attached hydrogen (secondary N) is 1. The summed E-state index contributed by atoms with van der Waals surface area (Å²) in [6, 6.07) is 12.0. The van der Waals surface area contributed by atoms with Gasteiger partial charge in [-0.2, -0.15) is 0 Å². The van der Waals surface area contributed by atoms with E-state index in [0.717, 1.165) is 5.75 Å². The molecular formula is C21H20Cl3N3O2S. The van der Waals surface area contributed by atoms with E-state index in [0.29, 0.717) is 58.8 Å². The van der Waals surface area contributed by atoms with Crippen molar-refractivity contribution in [3.63, 3.8) is 0 Å². The number of nitrogens with zero attached hydrogens (tertiary/aromatic N) is 2. The number of piperidine rings is 1. The Morgan fingerprint density at radius 3 is 2.47 bits per heavy atom. The number of carbonyl (C=O) groups is 2. The van der Waals surface area contributed by atoms with Crippen LogP contribution < -0.4 is 5.32 Å². The van der Waals surface area contributed by atoms with Gasteiger partial charge in [-0.05, 0) is 43.2 Å². The number of likely N-dealkylation sites (tertiary alicyclic amines) is 1. The van der Waals surface area contributed by atoms with Gasteiger partial charge in [0.05, 0.1) is 20.6 Å². The summed E-state index contributed by atoms with van der Waals surface area (Å²) in [6.45, 7) is 1.80. The van der Waals surface area contributed by atoms with Crippen LogP contribution in [0.2, 0.25) is 15.1 Å². The highest BCUT2D eigenvalue weighted by atomic mass is 35.5. The van der Waals surface area contributed by atoms with Crippen LogP contribution in [-0.4, -0.2) is 52.0 Å². The van der Waals surface area contributed by atoms with E-state index in [-0.39, 0.29) is 16.8 Å². The normalized spacial score (nSPS) is 18.0. The van der Waals surface area contributed by atoms with Gasteiger partial charge in [-0.1, -0.05) is 46.9 Å². The van der Waals surface area contributed by atoms with Crippen LogP contribution in [0.4, 0.5) is 10.5 Å². The Labute approximate surface area is 194 Å². The van der Waals surface area contributed by atoms with Crippen LogP contribution >= 0.6 is 46.6 Å². The van der Waals surface area contributed by atoms with Crippen LogP contribution in [0.3, 0.4) is 0 Å². The fraction of sp³-hybridized carbons (Fsp3) is 0.333. The van der Waals surface area contributed by atoms with Gasteiger partial charge in [0.15, 0.2) is 0 Å². The van der Waals surface area contributed by atoms with Crippen LogP contribution in [0.5, 0.6) is 0 Å². The van der Waals surface area contributed by atoms with Crippen LogP contribution in [0, 0.1) is 0 Å². The molecule has 2 saturated heterocycles. The van der Waals surface area contributed by atoms with Gasteiger partial charge in [0.25, 0.3) is 5.91 Å². The van der Waals surface area contributed by atoms with Crippen molar-refractivity contribution in [2.45, 2.75) is 17.7 Å². The number of urea groups is 1. The van der Waals surface area contributed by atoms with Crippen LogP contribution in [-0.2, 0) is 0 Å². The summed E-state index contributed by atoms with van der Waals surface area (Å²) in [5.41, 5.74) is 1.09. The number of amides is 3. The molecule has 0 bridgehead atoms. The largest absolute Gasteiger partial charge is 0.324 e. The first-order valence-corrected chi connectivity index (χ1v) is 11.7. The molecule has 0 aliphatic carbocycles. The molecule has 5 nitrogen and oxygen atoms in total. The third-order valence-electron chi connectivity index (χ3n) is 5.52. The molecule has 4 rings (SSSR count). The molecule has 1 N–H and O–H groups in total. The topological polar surface area (TPSA) is 52.7 Å². The molecule has 3 amide bonds. The average molecular weight is 485 g/mol. The molecule has 2 heterocycles. The van der Waals surface area contributed by atoms with E-state index < -0.39 is 0 Å². The number of rotatable bonds is 2. The van der Waals surface area contributed by atoms with E-state index in [1.165, 1.54) is 0 Å². The second kappa shape index (κ2) is 8.87. The SMILES string of the molecule is O=C(Nc1cccc(Cl)c1Cl)N1CCC2(CC1)SCCN2C(=O)c1cccc(Cl)c1. The number of hydrogen-bond acceptors (Lipinski definition) is 3. The van der Waals surface area contributed by atoms with Gasteiger partial charge in [0, 0.05) is 36.0 Å². The summed E-state index contributed by atoms with van der Waals surface area (Å²) in [7, 11) is 0. The molecule has 2 fully saturated rings. The molecule has 0 saturated carbocycles. The second-order valence-electron chi connectivity index (χ2n) is 7.28. The fourth-order valence-electron chi connectivity index (χ4n) is 3.94. The Bertz CT molecular complexity index is 980. The number of thioether (sulfide) groups is 1. The maximum absolute atomic E-state index is 13.1. The third kappa shape index (κ3) is 4.24. The molecule has 2 aromatic carbocycles. The maximum Gasteiger partial charge on any atom is 0.321 e. The molecule has 0 aromatic heterocycles. The lowest BCUT2D eigenvalue weighted by Crippen LogP contribution is -2.54. The molecule has 2 aliphatic rings. The van der Waals surface area contributed by atoms with Crippen molar-refractivity contribution in [2.75, 3.05) is 30.7 Å². The molecule has 0 unspecified atom stereocenters. The van der Waals surface area contributed by atoms with Crippen molar-refractivity contribution >= 4 is 64.2 Å². The van der Waals surface area contributed by atoms with E-state index in [1.807, 2.05) is 4.90 Å². The Morgan fingerprint density at radius 2 is 1.73 bits per heavy atom. The molecule has 158 valence electrons. The van der Waals surface area contributed by atoms with E-state index in [9.17, 15) is 9.59 Å². The minimum Gasteiger partial charge on any atom is -0.324 e. The molecule has 2 aliphatic heterocycles. The van der Waals surface area contributed by atoms with Crippen molar-refractivity contribution in [1.82, 2.24) is 9.80 Å².